The number of amides is 1. The Kier molecular flexibility index (Phi) is 2.93. The molecule has 4 N–H and O–H groups in total. The number of H-pyrrole nitrogens is 1. The van der Waals surface area contributed by atoms with E-state index in [1.54, 1.807) is 12.1 Å². The minimum atomic E-state index is -0.236. The number of aromatic amines is 1. The number of carbonyl (C=O) groups excluding carboxylic acids is 1. The second-order valence-corrected chi connectivity index (χ2v) is 3.19. The SMILES string of the molecule is NCc1ccc(C(=O)Nc2ncn[nH]2)cc1. The maximum Gasteiger partial charge on any atom is 0.258 e. The average Bonchev–Trinajstić information content (AvgIpc) is 2.82. The third kappa shape index (κ3) is 2.23. The summed E-state index contributed by atoms with van der Waals surface area (Å²) in [4.78, 5) is 15.5. The van der Waals surface area contributed by atoms with Gasteiger partial charge in [-0.2, -0.15) is 10.1 Å². The van der Waals surface area contributed by atoms with Crippen molar-refractivity contribution in [2.24, 2.45) is 5.73 Å². The van der Waals surface area contributed by atoms with Crippen LogP contribution in [-0.2, 0) is 6.54 Å². The standard InChI is InChI=1S/C10H11N5O/c11-5-7-1-3-8(4-2-7)9(16)14-10-12-6-13-15-10/h1-4,6H,5,11H2,(H2,12,13,14,15,16). The van der Waals surface area contributed by atoms with Gasteiger partial charge in [-0.15, -0.1) is 0 Å². The molecule has 1 heterocycles. The van der Waals surface area contributed by atoms with E-state index in [2.05, 4.69) is 20.5 Å². The lowest BCUT2D eigenvalue weighted by atomic mass is 10.1. The summed E-state index contributed by atoms with van der Waals surface area (Å²) in [5.41, 5.74) is 6.99. The zero-order chi connectivity index (χ0) is 11.4. The largest absolute Gasteiger partial charge is 0.326 e. The fourth-order valence-electron chi connectivity index (χ4n) is 1.24. The molecule has 0 aliphatic heterocycles. The van der Waals surface area contributed by atoms with Gasteiger partial charge in [0.15, 0.2) is 0 Å². The molecule has 0 atom stereocenters. The lowest BCUT2D eigenvalue weighted by Gasteiger charge is -2.02. The van der Waals surface area contributed by atoms with E-state index in [4.69, 9.17) is 5.73 Å². The zero-order valence-electron chi connectivity index (χ0n) is 8.47. The number of nitrogens with one attached hydrogen (secondary N) is 2. The molecule has 0 saturated heterocycles. The van der Waals surface area contributed by atoms with E-state index < -0.39 is 0 Å². The second-order valence-electron chi connectivity index (χ2n) is 3.19. The van der Waals surface area contributed by atoms with Crippen molar-refractivity contribution in [3.63, 3.8) is 0 Å². The topological polar surface area (TPSA) is 96.7 Å². The summed E-state index contributed by atoms with van der Waals surface area (Å²) in [6.07, 6.45) is 1.33. The van der Waals surface area contributed by atoms with Crippen LogP contribution in [0, 0.1) is 0 Å². The van der Waals surface area contributed by atoms with Gasteiger partial charge in [-0.25, -0.2) is 5.10 Å². The fourth-order valence-corrected chi connectivity index (χ4v) is 1.24. The number of hydrogen-bond donors (Lipinski definition) is 3. The molecular formula is C10H11N5O. The summed E-state index contributed by atoms with van der Waals surface area (Å²) in [5.74, 6) is 0.0909. The number of aromatic nitrogens is 3. The van der Waals surface area contributed by atoms with Crippen molar-refractivity contribution in [1.82, 2.24) is 15.2 Å². The minimum absolute atomic E-state index is 0.236. The Hall–Kier alpha value is -2.21. The molecule has 0 unspecified atom stereocenters. The Morgan fingerprint density at radius 1 is 1.38 bits per heavy atom. The first-order chi connectivity index (χ1) is 7.79. The smallest absolute Gasteiger partial charge is 0.258 e. The van der Waals surface area contributed by atoms with Crippen LogP contribution in [0.4, 0.5) is 5.95 Å². The van der Waals surface area contributed by atoms with E-state index in [9.17, 15) is 4.79 Å². The molecule has 6 nitrogen and oxygen atoms in total. The number of hydrogen-bond acceptors (Lipinski definition) is 4. The van der Waals surface area contributed by atoms with Gasteiger partial charge in [0.1, 0.15) is 6.33 Å². The maximum absolute atomic E-state index is 11.7. The number of nitrogens with two attached hydrogens (primary N) is 1. The molecule has 1 amide bonds. The molecule has 1 aromatic carbocycles. The zero-order valence-corrected chi connectivity index (χ0v) is 8.47. The Morgan fingerprint density at radius 2 is 2.12 bits per heavy atom. The van der Waals surface area contributed by atoms with Crippen LogP contribution >= 0.6 is 0 Å². The van der Waals surface area contributed by atoms with Crippen LogP contribution < -0.4 is 11.1 Å². The van der Waals surface area contributed by atoms with Gasteiger partial charge in [-0.1, -0.05) is 12.1 Å². The third-order valence-electron chi connectivity index (χ3n) is 2.10. The molecule has 0 aliphatic rings. The number of nitrogens with zero attached hydrogens (tertiary/aromatic N) is 2. The van der Waals surface area contributed by atoms with Crippen molar-refractivity contribution in [1.29, 1.82) is 0 Å². The Bertz CT molecular complexity index is 462. The molecule has 2 rings (SSSR count). The lowest BCUT2D eigenvalue weighted by Crippen LogP contribution is -2.13. The van der Waals surface area contributed by atoms with Crippen LogP contribution in [0.25, 0.3) is 0 Å². The van der Waals surface area contributed by atoms with Crippen molar-refractivity contribution < 1.29 is 4.79 Å². The summed E-state index contributed by atoms with van der Waals surface area (Å²) in [5, 5.41) is 8.75. The van der Waals surface area contributed by atoms with Crippen molar-refractivity contribution in [3.8, 4) is 0 Å². The highest BCUT2D eigenvalue weighted by Gasteiger charge is 2.06. The Balaban J connectivity index is 2.09. The van der Waals surface area contributed by atoms with Gasteiger partial charge in [0, 0.05) is 12.1 Å². The molecule has 6 heteroatoms. The molecule has 1 aromatic heterocycles. The molecule has 0 bridgehead atoms. The van der Waals surface area contributed by atoms with E-state index in [0.717, 1.165) is 5.56 Å². The van der Waals surface area contributed by atoms with Crippen LogP contribution in [0.5, 0.6) is 0 Å². The van der Waals surface area contributed by atoms with E-state index >= 15 is 0 Å². The highest BCUT2D eigenvalue weighted by atomic mass is 16.1. The van der Waals surface area contributed by atoms with Crippen molar-refractivity contribution >= 4 is 11.9 Å². The monoisotopic (exact) mass is 217 g/mol. The number of carbonyl (C=O) groups is 1. The predicted octanol–water partition coefficient (Wildman–Crippen LogP) is 0.516. The van der Waals surface area contributed by atoms with Gasteiger partial charge < -0.3 is 5.73 Å². The van der Waals surface area contributed by atoms with Crippen molar-refractivity contribution in [2.45, 2.75) is 6.54 Å². The highest BCUT2D eigenvalue weighted by Crippen LogP contribution is 2.05. The number of rotatable bonds is 3. The van der Waals surface area contributed by atoms with E-state index in [-0.39, 0.29) is 5.91 Å². The lowest BCUT2D eigenvalue weighted by molar-refractivity contribution is 0.102. The minimum Gasteiger partial charge on any atom is -0.326 e. The molecule has 0 aliphatic carbocycles. The predicted molar refractivity (Wildman–Crippen MR) is 58.7 cm³/mol. The van der Waals surface area contributed by atoms with Gasteiger partial charge in [0.05, 0.1) is 0 Å². The maximum atomic E-state index is 11.7. The summed E-state index contributed by atoms with van der Waals surface area (Å²) >= 11 is 0. The summed E-state index contributed by atoms with van der Waals surface area (Å²) in [7, 11) is 0. The summed E-state index contributed by atoms with van der Waals surface area (Å²) in [6.45, 7) is 0.462. The van der Waals surface area contributed by atoms with Gasteiger partial charge in [-0.3, -0.25) is 10.1 Å². The molecule has 0 spiro atoms. The van der Waals surface area contributed by atoms with Gasteiger partial charge >= 0.3 is 0 Å². The van der Waals surface area contributed by atoms with E-state index in [0.29, 0.717) is 18.1 Å². The van der Waals surface area contributed by atoms with Crippen LogP contribution in [-0.4, -0.2) is 21.1 Å². The van der Waals surface area contributed by atoms with Crippen LogP contribution in [0.3, 0.4) is 0 Å². The highest BCUT2D eigenvalue weighted by molar-refractivity contribution is 6.03. The first-order valence-electron chi connectivity index (χ1n) is 4.75. The Labute approximate surface area is 91.9 Å². The number of anilines is 1. The quantitative estimate of drug-likeness (QED) is 0.698. The molecule has 0 radical (unpaired) electrons. The van der Waals surface area contributed by atoms with Crippen LogP contribution in [0.1, 0.15) is 15.9 Å². The van der Waals surface area contributed by atoms with Crippen LogP contribution in [0.2, 0.25) is 0 Å². The summed E-state index contributed by atoms with van der Waals surface area (Å²) < 4.78 is 0. The summed E-state index contributed by atoms with van der Waals surface area (Å²) in [6, 6.07) is 7.06. The van der Waals surface area contributed by atoms with E-state index in [1.165, 1.54) is 6.33 Å². The van der Waals surface area contributed by atoms with Gasteiger partial charge in [0.25, 0.3) is 5.91 Å². The van der Waals surface area contributed by atoms with Gasteiger partial charge in [-0.05, 0) is 17.7 Å². The normalized spacial score (nSPS) is 10.1. The average molecular weight is 217 g/mol. The molecule has 2 aromatic rings. The first-order valence-corrected chi connectivity index (χ1v) is 4.75. The Morgan fingerprint density at radius 3 is 2.69 bits per heavy atom. The molecule has 16 heavy (non-hydrogen) atoms. The molecule has 82 valence electrons. The molecule has 0 fully saturated rings. The fraction of sp³-hybridized carbons (Fsp3) is 0.100. The van der Waals surface area contributed by atoms with Crippen molar-refractivity contribution in [3.05, 3.63) is 41.7 Å². The van der Waals surface area contributed by atoms with Crippen LogP contribution in [0.15, 0.2) is 30.6 Å². The van der Waals surface area contributed by atoms with E-state index in [1.807, 2.05) is 12.1 Å². The second kappa shape index (κ2) is 4.54. The van der Waals surface area contributed by atoms with Gasteiger partial charge in [0.2, 0.25) is 5.95 Å². The molecule has 0 saturated carbocycles. The molecular weight excluding hydrogens is 206 g/mol. The van der Waals surface area contributed by atoms with Crippen molar-refractivity contribution in [2.75, 3.05) is 5.32 Å². The number of benzene rings is 1. The third-order valence-corrected chi connectivity index (χ3v) is 2.10. The first kappa shape index (κ1) is 10.3.